The summed E-state index contributed by atoms with van der Waals surface area (Å²) < 4.78 is 1.66. The third-order valence-electron chi connectivity index (χ3n) is 2.05. The maximum absolute atomic E-state index is 11.6. The molecule has 0 aliphatic heterocycles. The van der Waals surface area contributed by atoms with Crippen LogP contribution in [0, 0.1) is 0 Å². The molecule has 1 heterocycles. The molecule has 0 aliphatic carbocycles. The topological polar surface area (TPSA) is 60.9 Å². The van der Waals surface area contributed by atoms with Crippen LogP contribution in [0.2, 0.25) is 0 Å². The zero-order chi connectivity index (χ0) is 9.84. The molecule has 0 aromatic carbocycles. The van der Waals surface area contributed by atoms with Gasteiger partial charge in [-0.05, 0) is 19.4 Å². The Balaban J connectivity index is 2.88. The SMILES string of the molecule is CCC(N)C(=O)c1ccnn1CC. The Labute approximate surface area is 77.7 Å². The van der Waals surface area contributed by atoms with Crippen LogP contribution in [-0.2, 0) is 6.54 Å². The Hall–Kier alpha value is -1.16. The van der Waals surface area contributed by atoms with E-state index >= 15 is 0 Å². The third-order valence-corrected chi connectivity index (χ3v) is 2.05. The molecule has 1 atom stereocenters. The monoisotopic (exact) mass is 181 g/mol. The average Bonchev–Trinajstić information content (AvgIpc) is 2.62. The second-order valence-electron chi connectivity index (χ2n) is 2.91. The lowest BCUT2D eigenvalue weighted by Gasteiger charge is -2.08. The van der Waals surface area contributed by atoms with Crippen molar-refractivity contribution in [1.29, 1.82) is 0 Å². The molecule has 0 saturated heterocycles. The summed E-state index contributed by atoms with van der Waals surface area (Å²) in [6.45, 7) is 4.54. The van der Waals surface area contributed by atoms with E-state index in [1.54, 1.807) is 16.9 Å². The predicted octanol–water partition coefficient (Wildman–Crippen LogP) is 0.823. The van der Waals surface area contributed by atoms with Crippen LogP contribution in [0.25, 0.3) is 0 Å². The highest BCUT2D eigenvalue weighted by Crippen LogP contribution is 2.04. The minimum atomic E-state index is -0.401. The van der Waals surface area contributed by atoms with Gasteiger partial charge in [0.05, 0.1) is 6.04 Å². The summed E-state index contributed by atoms with van der Waals surface area (Å²) in [6.07, 6.45) is 2.28. The van der Waals surface area contributed by atoms with Crippen LogP contribution in [0.5, 0.6) is 0 Å². The van der Waals surface area contributed by atoms with Gasteiger partial charge in [0.1, 0.15) is 5.69 Å². The van der Waals surface area contributed by atoms with Gasteiger partial charge in [-0.2, -0.15) is 5.10 Å². The lowest BCUT2D eigenvalue weighted by molar-refractivity contribution is 0.0949. The number of carbonyl (C=O) groups is 1. The zero-order valence-electron chi connectivity index (χ0n) is 8.03. The second-order valence-corrected chi connectivity index (χ2v) is 2.91. The largest absolute Gasteiger partial charge is 0.321 e. The van der Waals surface area contributed by atoms with E-state index in [0.29, 0.717) is 18.7 Å². The lowest BCUT2D eigenvalue weighted by atomic mass is 10.1. The van der Waals surface area contributed by atoms with Gasteiger partial charge in [-0.3, -0.25) is 9.48 Å². The van der Waals surface area contributed by atoms with Crippen molar-refractivity contribution in [3.05, 3.63) is 18.0 Å². The van der Waals surface area contributed by atoms with Crippen molar-refractivity contribution >= 4 is 5.78 Å². The fraction of sp³-hybridized carbons (Fsp3) is 0.556. The minimum absolute atomic E-state index is 0.0261. The van der Waals surface area contributed by atoms with E-state index in [9.17, 15) is 4.79 Å². The highest BCUT2D eigenvalue weighted by Gasteiger charge is 2.16. The van der Waals surface area contributed by atoms with Crippen LogP contribution in [-0.4, -0.2) is 21.6 Å². The predicted molar refractivity (Wildman–Crippen MR) is 50.5 cm³/mol. The van der Waals surface area contributed by atoms with Crippen molar-refractivity contribution in [3.8, 4) is 0 Å². The maximum Gasteiger partial charge on any atom is 0.197 e. The number of nitrogens with two attached hydrogens (primary N) is 1. The summed E-state index contributed by atoms with van der Waals surface area (Å²) in [4.78, 5) is 11.6. The van der Waals surface area contributed by atoms with Gasteiger partial charge in [-0.15, -0.1) is 0 Å². The molecule has 2 N–H and O–H groups in total. The van der Waals surface area contributed by atoms with Gasteiger partial charge in [-0.25, -0.2) is 0 Å². The fourth-order valence-electron chi connectivity index (χ4n) is 1.17. The summed E-state index contributed by atoms with van der Waals surface area (Å²) in [6, 6.07) is 1.31. The average molecular weight is 181 g/mol. The molecule has 13 heavy (non-hydrogen) atoms. The molecule has 0 amide bonds. The van der Waals surface area contributed by atoms with Crippen molar-refractivity contribution in [2.45, 2.75) is 32.9 Å². The van der Waals surface area contributed by atoms with E-state index in [4.69, 9.17) is 5.73 Å². The van der Waals surface area contributed by atoms with Crippen molar-refractivity contribution in [2.24, 2.45) is 5.73 Å². The van der Waals surface area contributed by atoms with Crippen molar-refractivity contribution < 1.29 is 4.79 Å². The number of ketones is 1. The van der Waals surface area contributed by atoms with Crippen LogP contribution in [0.4, 0.5) is 0 Å². The Morgan fingerprint density at radius 1 is 1.69 bits per heavy atom. The molecule has 72 valence electrons. The van der Waals surface area contributed by atoms with Crippen molar-refractivity contribution in [2.75, 3.05) is 0 Å². The molecular formula is C9H15N3O. The summed E-state index contributed by atoms with van der Waals surface area (Å²) in [7, 11) is 0. The molecule has 1 unspecified atom stereocenters. The molecule has 1 rings (SSSR count). The summed E-state index contributed by atoms with van der Waals surface area (Å²) in [5, 5.41) is 4.01. The molecule has 0 fully saturated rings. The first-order valence-electron chi connectivity index (χ1n) is 4.52. The Morgan fingerprint density at radius 2 is 2.38 bits per heavy atom. The van der Waals surface area contributed by atoms with Gasteiger partial charge in [0.25, 0.3) is 0 Å². The van der Waals surface area contributed by atoms with Gasteiger partial charge < -0.3 is 5.73 Å². The number of carbonyl (C=O) groups excluding carboxylic acids is 1. The molecule has 0 spiro atoms. The van der Waals surface area contributed by atoms with Gasteiger partial charge in [0, 0.05) is 12.7 Å². The van der Waals surface area contributed by atoms with Crippen LogP contribution in [0.15, 0.2) is 12.3 Å². The first-order valence-corrected chi connectivity index (χ1v) is 4.52. The Bertz CT molecular complexity index is 293. The van der Waals surface area contributed by atoms with E-state index in [1.807, 2.05) is 13.8 Å². The highest BCUT2D eigenvalue weighted by atomic mass is 16.1. The Kier molecular flexibility index (Phi) is 3.19. The van der Waals surface area contributed by atoms with Crippen LogP contribution in [0.3, 0.4) is 0 Å². The Morgan fingerprint density at radius 3 is 2.92 bits per heavy atom. The molecule has 4 nitrogen and oxygen atoms in total. The minimum Gasteiger partial charge on any atom is -0.321 e. The molecule has 4 heteroatoms. The number of nitrogens with zero attached hydrogens (tertiary/aromatic N) is 2. The highest BCUT2D eigenvalue weighted by molar-refractivity contribution is 5.98. The van der Waals surface area contributed by atoms with Gasteiger partial charge >= 0.3 is 0 Å². The standard InChI is InChI=1S/C9H15N3O/c1-3-7(10)9(13)8-5-6-11-12(8)4-2/h5-7H,3-4,10H2,1-2H3. The number of Topliss-reactive ketones (excluding diaryl/α,β-unsaturated/α-hetero) is 1. The first-order chi connectivity index (χ1) is 6.20. The van der Waals surface area contributed by atoms with Gasteiger partial charge in [0.2, 0.25) is 0 Å². The number of rotatable bonds is 4. The number of hydrogen-bond acceptors (Lipinski definition) is 3. The van der Waals surface area contributed by atoms with Gasteiger partial charge in [0.15, 0.2) is 5.78 Å². The van der Waals surface area contributed by atoms with Crippen LogP contribution < -0.4 is 5.73 Å². The maximum atomic E-state index is 11.6. The number of hydrogen-bond donors (Lipinski definition) is 1. The van der Waals surface area contributed by atoms with Crippen molar-refractivity contribution in [3.63, 3.8) is 0 Å². The zero-order valence-corrected chi connectivity index (χ0v) is 8.03. The van der Waals surface area contributed by atoms with Crippen LogP contribution >= 0.6 is 0 Å². The first kappa shape index (κ1) is 9.92. The van der Waals surface area contributed by atoms with Crippen molar-refractivity contribution in [1.82, 2.24) is 9.78 Å². The van der Waals surface area contributed by atoms with E-state index in [-0.39, 0.29) is 5.78 Å². The van der Waals surface area contributed by atoms with E-state index < -0.39 is 6.04 Å². The van der Waals surface area contributed by atoms with E-state index in [0.717, 1.165) is 0 Å². The van der Waals surface area contributed by atoms with Crippen LogP contribution in [0.1, 0.15) is 30.8 Å². The molecule has 0 saturated carbocycles. The molecule has 0 bridgehead atoms. The quantitative estimate of drug-likeness (QED) is 0.699. The second kappa shape index (κ2) is 4.18. The molecule has 0 radical (unpaired) electrons. The summed E-state index contributed by atoms with van der Waals surface area (Å²) in [5.41, 5.74) is 6.25. The fourth-order valence-corrected chi connectivity index (χ4v) is 1.17. The number of aromatic nitrogens is 2. The third kappa shape index (κ3) is 1.95. The lowest BCUT2D eigenvalue weighted by Crippen LogP contribution is -2.31. The normalized spacial score (nSPS) is 12.8. The smallest absolute Gasteiger partial charge is 0.197 e. The van der Waals surface area contributed by atoms with E-state index in [1.165, 1.54) is 0 Å². The molecule has 0 aliphatic rings. The van der Waals surface area contributed by atoms with Gasteiger partial charge in [-0.1, -0.05) is 6.92 Å². The summed E-state index contributed by atoms with van der Waals surface area (Å²) in [5.74, 6) is -0.0261. The molecule has 1 aromatic rings. The molecule has 1 aromatic heterocycles. The van der Waals surface area contributed by atoms with E-state index in [2.05, 4.69) is 5.10 Å². The molecular weight excluding hydrogens is 166 g/mol. The number of aryl methyl sites for hydroxylation is 1. The summed E-state index contributed by atoms with van der Waals surface area (Å²) >= 11 is 0.